The van der Waals surface area contributed by atoms with E-state index in [1.54, 1.807) is 18.2 Å². The standard InChI is InChI=1S/C20H18N4O2S/c1-15-19(23-24(22-15)17-10-3-2-4-11-17)14-21-27(25,26)20-13-7-9-16-8-5-6-12-18(16)20/h2-13,21H,14H2,1H3. The van der Waals surface area contributed by atoms with E-state index in [9.17, 15) is 8.42 Å². The molecule has 7 heteroatoms. The highest BCUT2D eigenvalue weighted by Crippen LogP contribution is 2.22. The van der Waals surface area contributed by atoms with Crippen molar-refractivity contribution in [2.45, 2.75) is 18.4 Å². The van der Waals surface area contributed by atoms with Crippen molar-refractivity contribution in [1.82, 2.24) is 19.7 Å². The molecule has 0 aliphatic heterocycles. The molecule has 4 rings (SSSR count). The average molecular weight is 378 g/mol. The molecule has 0 unspecified atom stereocenters. The maximum absolute atomic E-state index is 12.8. The summed E-state index contributed by atoms with van der Waals surface area (Å²) in [7, 11) is -3.68. The van der Waals surface area contributed by atoms with Crippen molar-refractivity contribution < 1.29 is 8.42 Å². The molecule has 3 aromatic carbocycles. The van der Waals surface area contributed by atoms with E-state index in [1.165, 1.54) is 4.80 Å². The Labute approximate surface area is 157 Å². The van der Waals surface area contributed by atoms with Crippen LogP contribution in [0.5, 0.6) is 0 Å². The lowest BCUT2D eigenvalue weighted by atomic mass is 10.1. The average Bonchev–Trinajstić information content (AvgIpc) is 3.07. The van der Waals surface area contributed by atoms with Crippen LogP contribution in [0.1, 0.15) is 11.4 Å². The van der Waals surface area contributed by atoms with Crippen LogP contribution in [0, 0.1) is 6.92 Å². The van der Waals surface area contributed by atoms with Gasteiger partial charge in [-0.25, -0.2) is 13.1 Å². The Morgan fingerprint density at radius 2 is 1.59 bits per heavy atom. The number of para-hydroxylation sites is 1. The number of fused-ring (bicyclic) bond motifs is 1. The van der Waals surface area contributed by atoms with Crippen LogP contribution in [0.25, 0.3) is 16.5 Å². The SMILES string of the molecule is Cc1nn(-c2ccccc2)nc1CNS(=O)(=O)c1cccc2ccccc12. The van der Waals surface area contributed by atoms with Crippen molar-refractivity contribution in [3.8, 4) is 5.69 Å². The molecule has 0 aliphatic carbocycles. The second-order valence-corrected chi connectivity index (χ2v) is 7.89. The van der Waals surface area contributed by atoms with E-state index in [-0.39, 0.29) is 11.4 Å². The second-order valence-electron chi connectivity index (χ2n) is 6.16. The monoisotopic (exact) mass is 378 g/mol. The van der Waals surface area contributed by atoms with E-state index in [0.717, 1.165) is 11.1 Å². The van der Waals surface area contributed by atoms with Crippen LogP contribution in [0.3, 0.4) is 0 Å². The van der Waals surface area contributed by atoms with Gasteiger partial charge in [-0.3, -0.25) is 0 Å². The molecule has 1 N–H and O–H groups in total. The van der Waals surface area contributed by atoms with E-state index in [2.05, 4.69) is 14.9 Å². The Kier molecular flexibility index (Phi) is 4.47. The third-order valence-corrected chi connectivity index (χ3v) is 5.79. The Morgan fingerprint density at radius 1 is 0.889 bits per heavy atom. The molecule has 1 aromatic heterocycles. The summed E-state index contributed by atoms with van der Waals surface area (Å²) in [6.07, 6.45) is 0. The van der Waals surface area contributed by atoms with Crippen molar-refractivity contribution in [2.24, 2.45) is 0 Å². The van der Waals surface area contributed by atoms with Gasteiger partial charge in [0.2, 0.25) is 10.0 Å². The Hall–Kier alpha value is -3.03. The molecule has 0 radical (unpaired) electrons. The minimum absolute atomic E-state index is 0.0736. The largest absolute Gasteiger partial charge is 0.241 e. The predicted octanol–water partition coefficient (Wildman–Crippen LogP) is 3.21. The van der Waals surface area contributed by atoms with Crippen LogP contribution in [0.15, 0.2) is 77.7 Å². The van der Waals surface area contributed by atoms with Crippen molar-refractivity contribution in [3.63, 3.8) is 0 Å². The number of hydrogen-bond donors (Lipinski definition) is 1. The first-order valence-corrected chi connectivity index (χ1v) is 9.98. The number of nitrogens with zero attached hydrogens (tertiary/aromatic N) is 3. The fourth-order valence-corrected chi connectivity index (χ4v) is 4.14. The van der Waals surface area contributed by atoms with Gasteiger partial charge in [0.15, 0.2) is 0 Å². The number of nitrogens with one attached hydrogen (secondary N) is 1. The molecule has 0 aliphatic rings. The van der Waals surface area contributed by atoms with E-state index in [0.29, 0.717) is 16.8 Å². The molecule has 6 nitrogen and oxygen atoms in total. The van der Waals surface area contributed by atoms with Gasteiger partial charge >= 0.3 is 0 Å². The minimum atomic E-state index is -3.68. The Bertz CT molecular complexity index is 1200. The highest BCUT2D eigenvalue weighted by Gasteiger charge is 2.18. The summed E-state index contributed by atoms with van der Waals surface area (Å²) in [5.41, 5.74) is 2.09. The van der Waals surface area contributed by atoms with Crippen molar-refractivity contribution >= 4 is 20.8 Å². The Balaban J connectivity index is 1.60. The minimum Gasteiger partial charge on any atom is -0.207 e. The third-order valence-electron chi connectivity index (χ3n) is 4.33. The van der Waals surface area contributed by atoms with Gasteiger partial charge in [0, 0.05) is 5.39 Å². The zero-order valence-electron chi connectivity index (χ0n) is 14.7. The summed E-state index contributed by atoms with van der Waals surface area (Å²) in [6.45, 7) is 1.89. The summed E-state index contributed by atoms with van der Waals surface area (Å²) >= 11 is 0. The van der Waals surface area contributed by atoms with Crippen molar-refractivity contribution in [3.05, 3.63) is 84.2 Å². The first-order valence-electron chi connectivity index (χ1n) is 8.50. The number of rotatable bonds is 5. The highest BCUT2D eigenvalue weighted by molar-refractivity contribution is 7.89. The lowest BCUT2D eigenvalue weighted by molar-refractivity contribution is 0.580. The zero-order valence-corrected chi connectivity index (χ0v) is 15.5. The summed E-state index contributed by atoms with van der Waals surface area (Å²) in [5.74, 6) is 0. The van der Waals surface area contributed by atoms with Crippen LogP contribution in [-0.4, -0.2) is 23.4 Å². The predicted molar refractivity (Wildman–Crippen MR) is 104 cm³/mol. The number of hydrogen-bond acceptors (Lipinski definition) is 4. The molecule has 0 fully saturated rings. The Morgan fingerprint density at radius 3 is 2.41 bits per heavy atom. The normalized spacial score (nSPS) is 11.7. The first-order chi connectivity index (χ1) is 13.0. The maximum Gasteiger partial charge on any atom is 0.241 e. The van der Waals surface area contributed by atoms with Gasteiger partial charge in [-0.1, -0.05) is 54.6 Å². The molecule has 4 aromatic rings. The molecule has 0 atom stereocenters. The summed E-state index contributed by atoms with van der Waals surface area (Å²) in [5, 5.41) is 10.4. The smallest absolute Gasteiger partial charge is 0.207 e. The molecule has 27 heavy (non-hydrogen) atoms. The quantitative estimate of drug-likeness (QED) is 0.578. The number of aryl methyl sites for hydroxylation is 1. The van der Waals surface area contributed by atoms with Gasteiger partial charge in [-0.15, -0.1) is 0 Å². The summed E-state index contributed by atoms with van der Waals surface area (Å²) < 4.78 is 28.3. The number of aromatic nitrogens is 3. The summed E-state index contributed by atoms with van der Waals surface area (Å²) in [6, 6.07) is 22.2. The molecule has 136 valence electrons. The fourth-order valence-electron chi connectivity index (χ4n) is 2.92. The van der Waals surface area contributed by atoms with E-state index in [4.69, 9.17) is 0 Å². The lowest BCUT2D eigenvalue weighted by Gasteiger charge is -2.09. The van der Waals surface area contributed by atoms with Crippen molar-refractivity contribution in [2.75, 3.05) is 0 Å². The molecule has 0 saturated carbocycles. The van der Waals surface area contributed by atoms with Gasteiger partial charge in [0.05, 0.1) is 22.8 Å². The fraction of sp³-hybridized carbons (Fsp3) is 0.100. The number of sulfonamides is 1. The van der Waals surface area contributed by atoms with Crippen LogP contribution >= 0.6 is 0 Å². The molecule has 1 heterocycles. The van der Waals surface area contributed by atoms with Crippen LogP contribution in [-0.2, 0) is 16.6 Å². The molecule has 0 saturated heterocycles. The van der Waals surface area contributed by atoms with Gasteiger partial charge in [-0.05, 0) is 30.5 Å². The van der Waals surface area contributed by atoms with Gasteiger partial charge in [-0.2, -0.15) is 15.0 Å². The first kappa shape index (κ1) is 17.4. The van der Waals surface area contributed by atoms with Crippen LogP contribution in [0.2, 0.25) is 0 Å². The third kappa shape index (κ3) is 3.47. The molecular weight excluding hydrogens is 360 g/mol. The van der Waals surface area contributed by atoms with Gasteiger partial charge in [0.25, 0.3) is 0 Å². The molecule has 0 bridgehead atoms. The van der Waals surface area contributed by atoms with Crippen LogP contribution < -0.4 is 4.72 Å². The molecule has 0 spiro atoms. The van der Waals surface area contributed by atoms with E-state index in [1.807, 2.05) is 61.5 Å². The van der Waals surface area contributed by atoms with E-state index >= 15 is 0 Å². The van der Waals surface area contributed by atoms with Crippen LogP contribution in [0.4, 0.5) is 0 Å². The van der Waals surface area contributed by atoms with E-state index < -0.39 is 10.0 Å². The van der Waals surface area contributed by atoms with Gasteiger partial charge < -0.3 is 0 Å². The topological polar surface area (TPSA) is 76.9 Å². The van der Waals surface area contributed by atoms with Gasteiger partial charge in [0.1, 0.15) is 5.69 Å². The zero-order chi connectivity index (χ0) is 18.9. The number of benzene rings is 3. The highest BCUT2D eigenvalue weighted by atomic mass is 32.2. The maximum atomic E-state index is 12.8. The molecular formula is C20H18N4O2S. The second kappa shape index (κ2) is 6.94. The molecule has 0 amide bonds. The summed E-state index contributed by atoms with van der Waals surface area (Å²) in [4.78, 5) is 1.77. The van der Waals surface area contributed by atoms with Crippen molar-refractivity contribution in [1.29, 1.82) is 0 Å². The lowest BCUT2D eigenvalue weighted by Crippen LogP contribution is -2.24.